The van der Waals surface area contributed by atoms with Crippen molar-refractivity contribution in [2.24, 2.45) is 0 Å². The van der Waals surface area contributed by atoms with Crippen LogP contribution in [0.15, 0.2) is 18.2 Å². The van der Waals surface area contributed by atoms with E-state index in [9.17, 15) is 36.9 Å². The topological polar surface area (TPSA) is 99.3 Å². The average Bonchev–Trinajstić information content (AvgIpc) is 2.88. The summed E-state index contributed by atoms with van der Waals surface area (Å²) >= 11 is 5.59. The number of nitro groups is 1. The number of nitro benzene ring substituents is 1. The molecule has 0 aliphatic rings. The number of benzene rings is 1. The maximum atomic E-state index is 12.8. The van der Waals surface area contributed by atoms with Crippen LogP contribution in [0.25, 0.3) is 0 Å². The van der Waals surface area contributed by atoms with Gasteiger partial charge in [0.05, 0.1) is 27.4 Å². The molecule has 8 nitrogen and oxygen atoms in total. The van der Waals surface area contributed by atoms with Crippen molar-refractivity contribution < 1.29 is 36.4 Å². The molecule has 2 rings (SSSR count). The Morgan fingerprint density at radius 3 is 2.55 bits per heavy atom. The SMILES string of the molecule is Cc1c(Cl)c(C(F)(F)F)nn1CC(=O)Nc1cc(OCC(F)F)cc([N+](=O)[O-])c1. The van der Waals surface area contributed by atoms with Crippen molar-refractivity contribution in [3.8, 4) is 5.75 Å². The number of alkyl halides is 5. The molecular formula is C15H12ClF5N4O4. The molecule has 1 heterocycles. The minimum atomic E-state index is -4.82. The second-order valence-corrected chi connectivity index (χ2v) is 6.00. The number of nitrogens with one attached hydrogen (secondary N) is 1. The van der Waals surface area contributed by atoms with Crippen LogP contribution < -0.4 is 10.1 Å². The van der Waals surface area contributed by atoms with E-state index in [0.717, 1.165) is 18.2 Å². The summed E-state index contributed by atoms with van der Waals surface area (Å²) in [7, 11) is 0. The van der Waals surface area contributed by atoms with Crippen LogP contribution >= 0.6 is 11.6 Å². The first-order chi connectivity index (χ1) is 13.4. The first kappa shape index (κ1) is 22.3. The van der Waals surface area contributed by atoms with Crippen LogP contribution in [0.4, 0.5) is 33.3 Å². The average molecular weight is 443 g/mol. The minimum absolute atomic E-state index is 0.117. The molecule has 1 aromatic heterocycles. The van der Waals surface area contributed by atoms with Gasteiger partial charge < -0.3 is 10.1 Å². The third-order valence-electron chi connectivity index (χ3n) is 3.46. The van der Waals surface area contributed by atoms with Crippen molar-refractivity contribution in [3.05, 3.63) is 44.7 Å². The van der Waals surface area contributed by atoms with Gasteiger partial charge in [-0.2, -0.15) is 18.3 Å². The zero-order valence-corrected chi connectivity index (χ0v) is 15.2. The molecule has 2 aromatic rings. The summed E-state index contributed by atoms with van der Waals surface area (Å²) in [5.41, 5.74) is -2.21. The summed E-state index contributed by atoms with van der Waals surface area (Å²) in [6.45, 7) is -0.487. The molecule has 0 radical (unpaired) electrons. The lowest BCUT2D eigenvalue weighted by atomic mass is 10.2. The quantitative estimate of drug-likeness (QED) is 0.396. The van der Waals surface area contributed by atoms with Gasteiger partial charge in [0.2, 0.25) is 5.91 Å². The molecule has 0 aliphatic carbocycles. The van der Waals surface area contributed by atoms with E-state index in [1.165, 1.54) is 6.92 Å². The molecule has 1 N–H and O–H groups in total. The fraction of sp³-hybridized carbons (Fsp3) is 0.333. The predicted molar refractivity (Wildman–Crippen MR) is 90.2 cm³/mol. The normalized spacial score (nSPS) is 11.6. The van der Waals surface area contributed by atoms with Crippen LogP contribution in [0.2, 0.25) is 5.02 Å². The smallest absolute Gasteiger partial charge is 0.436 e. The van der Waals surface area contributed by atoms with Crippen LogP contribution in [0.3, 0.4) is 0 Å². The Labute approximate surface area is 164 Å². The molecule has 1 aromatic carbocycles. The van der Waals surface area contributed by atoms with Crippen LogP contribution in [-0.2, 0) is 17.5 Å². The monoisotopic (exact) mass is 442 g/mol. The molecule has 0 bridgehead atoms. The second kappa shape index (κ2) is 8.59. The number of rotatable bonds is 7. The Balaban J connectivity index is 2.21. The zero-order chi connectivity index (χ0) is 21.9. The number of halogens is 6. The lowest BCUT2D eigenvalue weighted by Crippen LogP contribution is -2.21. The Morgan fingerprint density at radius 1 is 1.38 bits per heavy atom. The molecule has 0 unspecified atom stereocenters. The van der Waals surface area contributed by atoms with Gasteiger partial charge in [-0.25, -0.2) is 8.78 Å². The van der Waals surface area contributed by atoms with Crippen LogP contribution in [-0.4, -0.2) is 33.6 Å². The van der Waals surface area contributed by atoms with Crippen LogP contribution in [0, 0.1) is 17.0 Å². The molecule has 158 valence electrons. The molecular weight excluding hydrogens is 431 g/mol. The number of anilines is 1. The molecule has 0 aliphatic heterocycles. The van der Waals surface area contributed by atoms with Gasteiger partial charge in [0.25, 0.3) is 12.1 Å². The van der Waals surface area contributed by atoms with Crippen molar-refractivity contribution in [2.45, 2.75) is 26.1 Å². The highest BCUT2D eigenvalue weighted by Crippen LogP contribution is 2.35. The van der Waals surface area contributed by atoms with E-state index in [2.05, 4.69) is 10.4 Å². The van der Waals surface area contributed by atoms with Gasteiger partial charge in [-0.05, 0) is 6.92 Å². The molecule has 0 spiro atoms. The third-order valence-corrected chi connectivity index (χ3v) is 3.91. The largest absolute Gasteiger partial charge is 0.487 e. The lowest BCUT2D eigenvalue weighted by Gasteiger charge is -2.10. The van der Waals surface area contributed by atoms with Gasteiger partial charge in [0, 0.05) is 12.1 Å². The van der Waals surface area contributed by atoms with Crippen molar-refractivity contribution in [1.82, 2.24) is 9.78 Å². The third kappa shape index (κ3) is 5.76. The Bertz CT molecular complexity index is 932. The first-order valence-electron chi connectivity index (χ1n) is 7.69. The van der Waals surface area contributed by atoms with Crippen molar-refractivity contribution in [3.63, 3.8) is 0 Å². The molecule has 29 heavy (non-hydrogen) atoms. The summed E-state index contributed by atoms with van der Waals surface area (Å²) in [6.07, 6.45) is -7.65. The number of carbonyl (C=O) groups is 1. The Kier molecular flexibility index (Phi) is 6.62. The summed E-state index contributed by atoms with van der Waals surface area (Å²) in [5, 5.41) is 15.8. The highest BCUT2D eigenvalue weighted by atomic mass is 35.5. The molecule has 1 amide bonds. The van der Waals surface area contributed by atoms with Crippen molar-refractivity contribution in [1.29, 1.82) is 0 Å². The van der Waals surface area contributed by atoms with E-state index in [1.807, 2.05) is 0 Å². The minimum Gasteiger partial charge on any atom is -0.487 e. The van der Waals surface area contributed by atoms with E-state index in [4.69, 9.17) is 16.3 Å². The molecule has 0 atom stereocenters. The predicted octanol–water partition coefficient (Wildman–Crippen LogP) is 4.05. The fourth-order valence-corrected chi connectivity index (χ4v) is 2.44. The van der Waals surface area contributed by atoms with E-state index >= 15 is 0 Å². The summed E-state index contributed by atoms with van der Waals surface area (Å²) in [4.78, 5) is 22.3. The molecule has 0 saturated heterocycles. The van der Waals surface area contributed by atoms with Gasteiger partial charge in [-0.1, -0.05) is 11.6 Å². The highest BCUT2D eigenvalue weighted by molar-refractivity contribution is 6.32. The lowest BCUT2D eigenvalue weighted by molar-refractivity contribution is -0.384. The maximum absolute atomic E-state index is 12.8. The maximum Gasteiger partial charge on any atom is 0.436 e. The van der Waals surface area contributed by atoms with Gasteiger partial charge in [-0.3, -0.25) is 19.6 Å². The number of amides is 1. The summed E-state index contributed by atoms with van der Waals surface area (Å²) in [5.74, 6) is -1.19. The molecule has 14 heteroatoms. The Hall–Kier alpha value is -2.96. The number of aromatic nitrogens is 2. The number of carbonyl (C=O) groups excluding carboxylic acids is 1. The number of nitrogens with zero attached hydrogens (tertiary/aromatic N) is 3. The fourth-order valence-electron chi connectivity index (χ4n) is 2.20. The molecule has 0 saturated carbocycles. The van der Waals surface area contributed by atoms with Gasteiger partial charge in [0.15, 0.2) is 5.69 Å². The highest BCUT2D eigenvalue weighted by Gasteiger charge is 2.38. The van der Waals surface area contributed by atoms with E-state index < -0.39 is 53.0 Å². The van der Waals surface area contributed by atoms with Gasteiger partial charge in [-0.15, -0.1) is 0 Å². The number of hydrogen-bond acceptors (Lipinski definition) is 5. The van der Waals surface area contributed by atoms with Crippen molar-refractivity contribution >= 4 is 28.9 Å². The van der Waals surface area contributed by atoms with Gasteiger partial charge >= 0.3 is 6.18 Å². The van der Waals surface area contributed by atoms with Gasteiger partial charge in [0.1, 0.15) is 18.9 Å². The summed E-state index contributed by atoms with van der Waals surface area (Å²) < 4.78 is 68.4. The first-order valence-corrected chi connectivity index (χ1v) is 8.06. The number of ether oxygens (including phenoxy) is 1. The van der Waals surface area contributed by atoms with Crippen LogP contribution in [0.1, 0.15) is 11.4 Å². The van der Waals surface area contributed by atoms with E-state index in [-0.39, 0.29) is 17.1 Å². The number of hydrogen-bond donors (Lipinski definition) is 1. The molecule has 0 fully saturated rings. The number of non-ortho nitro benzene ring substituents is 1. The Morgan fingerprint density at radius 2 is 2.03 bits per heavy atom. The summed E-state index contributed by atoms with van der Waals surface area (Å²) in [6, 6.07) is 2.86. The van der Waals surface area contributed by atoms with Crippen molar-refractivity contribution in [2.75, 3.05) is 11.9 Å². The van der Waals surface area contributed by atoms with Crippen LogP contribution in [0.5, 0.6) is 5.75 Å². The van der Waals surface area contributed by atoms with E-state index in [1.54, 1.807) is 0 Å². The second-order valence-electron chi connectivity index (χ2n) is 5.63. The van der Waals surface area contributed by atoms with E-state index in [0.29, 0.717) is 4.68 Å². The zero-order valence-electron chi connectivity index (χ0n) is 14.5. The standard InChI is InChI=1S/C15H12ClF5N4O4/c1-7-13(16)14(15(19,20)21)23-24(7)5-12(26)22-8-2-9(25(27)28)4-10(3-8)29-6-11(17)18/h2-4,11H,5-6H2,1H3,(H,22,26).